The molecule has 0 spiro atoms. The van der Waals surface area contributed by atoms with Crippen LogP contribution in [0.2, 0.25) is 0 Å². The van der Waals surface area contributed by atoms with E-state index < -0.39 is 0 Å². The molecule has 13 heavy (non-hydrogen) atoms. The van der Waals surface area contributed by atoms with E-state index in [2.05, 4.69) is 18.8 Å². The molecule has 0 fully saturated rings. The van der Waals surface area contributed by atoms with Crippen molar-refractivity contribution in [3.63, 3.8) is 0 Å². The predicted molar refractivity (Wildman–Crippen MR) is 53.8 cm³/mol. The standard InChI is InChI=1S/C11H19NO/c1-8(2)6-5-7-11-9(3)13-10(4)12-11/h8H,5-7H2,1-4H3. The fraction of sp³-hybridized carbons (Fsp3) is 0.727. The summed E-state index contributed by atoms with van der Waals surface area (Å²) in [5.74, 6) is 2.56. The van der Waals surface area contributed by atoms with E-state index in [4.69, 9.17) is 4.42 Å². The average Bonchev–Trinajstić information content (AvgIpc) is 2.29. The summed E-state index contributed by atoms with van der Waals surface area (Å²) in [6.07, 6.45) is 3.54. The molecule has 2 nitrogen and oxygen atoms in total. The van der Waals surface area contributed by atoms with Crippen molar-refractivity contribution in [2.24, 2.45) is 5.92 Å². The van der Waals surface area contributed by atoms with Crippen LogP contribution in [0.3, 0.4) is 0 Å². The van der Waals surface area contributed by atoms with Gasteiger partial charge in [-0.2, -0.15) is 0 Å². The van der Waals surface area contributed by atoms with E-state index in [9.17, 15) is 0 Å². The number of hydrogen-bond acceptors (Lipinski definition) is 2. The van der Waals surface area contributed by atoms with E-state index >= 15 is 0 Å². The minimum atomic E-state index is 0.785. The van der Waals surface area contributed by atoms with Crippen molar-refractivity contribution < 1.29 is 4.42 Å². The Morgan fingerprint density at radius 2 is 2.00 bits per heavy atom. The number of nitrogens with zero attached hydrogens (tertiary/aromatic N) is 1. The molecule has 0 aliphatic rings. The van der Waals surface area contributed by atoms with Crippen molar-refractivity contribution >= 4 is 0 Å². The van der Waals surface area contributed by atoms with Gasteiger partial charge in [0.15, 0.2) is 5.89 Å². The van der Waals surface area contributed by atoms with E-state index in [1.54, 1.807) is 0 Å². The minimum Gasteiger partial charge on any atom is -0.446 e. The molecule has 1 aromatic rings. The molecule has 0 bridgehead atoms. The molecule has 0 aliphatic heterocycles. The molecule has 0 atom stereocenters. The van der Waals surface area contributed by atoms with Crippen LogP contribution in [-0.2, 0) is 6.42 Å². The maximum atomic E-state index is 5.36. The summed E-state index contributed by atoms with van der Waals surface area (Å²) in [7, 11) is 0. The Labute approximate surface area is 80.4 Å². The van der Waals surface area contributed by atoms with Gasteiger partial charge in [0, 0.05) is 6.92 Å². The Hall–Kier alpha value is -0.790. The first-order valence-electron chi connectivity index (χ1n) is 5.02. The van der Waals surface area contributed by atoms with Gasteiger partial charge in [0.05, 0.1) is 5.69 Å². The fourth-order valence-electron chi connectivity index (χ4n) is 1.48. The fourth-order valence-corrected chi connectivity index (χ4v) is 1.48. The Morgan fingerprint density at radius 3 is 2.46 bits per heavy atom. The second kappa shape index (κ2) is 4.45. The number of aromatic nitrogens is 1. The lowest BCUT2D eigenvalue weighted by molar-refractivity contribution is 0.491. The lowest BCUT2D eigenvalue weighted by atomic mass is 10.1. The minimum absolute atomic E-state index is 0.785. The van der Waals surface area contributed by atoms with Gasteiger partial charge in [-0.3, -0.25) is 0 Å². The Bertz CT molecular complexity index is 263. The Balaban J connectivity index is 2.40. The Kier molecular flexibility index (Phi) is 3.52. The maximum Gasteiger partial charge on any atom is 0.191 e. The molecule has 0 radical (unpaired) electrons. The molecule has 0 aliphatic carbocycles. The van der Waals surface area contributed by atoms with Crippen molar-refractivity contribution in [1.29, 1.82) is 0 Å². The molecule has 74 valence electrons. The quantitative estimate of drug-likeness (QED) is 0.712. The first-order valence-corrected chi connectivity index (χ1v) is 5.02. The molecule has 1 aromatic heterocycles. The van der Waals surface area contributed by atoms with Gasteiger partial charge >= 0.3 is 0 Å². The second-order valence-electron chi connectivity index (χ2n) is 4.02. The van der Waals surface area contributed by atoms with Gasteiger partial charge in [-0.25, -0.2) is 4.98 Å². The first kappa shape index (κ1) is 10.3. The predicted octanol–water partition coefficient (Wildman–Crippen LogP) is 3.27. The van der Waals surface area contributed by atoms with E-state index in [0.29, 0.717) is 0 Å². The highest BCUT2D eigenvalue weighted by Gasteiger charge is 2.05. The molecule has 1 rings (SSSR count). The zero-order chi connectivity index (χ0) is 9.84. The molecule has 2 heteroatoms. The van der Waals surface area contributed by atoms with Crippen molar-refractivity contribution in [3.8, 4) is 0 Å². The Morgan fingerprint density at radius 1 is 1.31 bits per heavy atom. The van der Waals surface area contributed by atoms with E-state index in [0.717, 1.165) is 29.7 Å². The van der Waals surface area contributed by atoms with E-state index in [1.165, 1.54) is 12.8 Å². The van der Waals surface area contributed by atoms with Crippen molar-refractivity contribution in [1.82, 2.24) is 4.98 Å². The van der Waals surface area contributed by atoms with Gasteiger partial charge < -0.3 is 4.42 Å². The summed E-state index contributed by atoms with van der Waals surface area (Å²) in [6.45, 7) is 8.39. The van der Waals surface area contributed by atoms with Crippen LogP contribution in [0.1, 0.15) is 44.0 Å². The number of rotatable bonds is 4. The van der Waals surface area contributed by atoms with Crippen LogP contribution in [0.5, 0.6) is 0 Å². The van der Waals surface area contributed by atoms with Crippen LogP contribution in [0.25, 0.3) is 0 Å². The molecule has 0 N–H and O–H groups in total. The summed E-state index contributed by atoms with van der Waals surface area (Å²) >= 11 is 0. The molecule has 0 unspecified atom stereocenters. The third kappa shape index (κ3) is 3.21. The lowest BCUT2D eigenvalue weighted by Crippen LogP contribution is -1.92. The maximum absolute atomic E-state index is 5.36. The van der Waals surface area contributed by atoms with Crippen LogP contribution in [0, 0.1) is 19.8 Å². The highest BCUT2D eigenvalue weighted by molar-refractivity contribution is 5.07. The molecule has 0 aromatic carbocycles. The van der Waals surface area contributed by atoms with Crippen molar-refractivity contribution in [2.75, 3.05) is 0 Å². The van der Waals surface area contributed by atoms with Crippen molar-refractivity contribution in [3.05, 3.63) is 17.3 Å². The average molecular weight is 181 g/mol. The third-order valence-corrected chi connectivity index (χ3v) is 2.19. The smallest absolute Gasteiger partial charge is 0.191 e. The van der Waals surface area contributed by atoms with Crippen LogP contribution >= 0.6 is 0 Å². The summed E-state index contributed by atoms with van der Waals surface area (Å²) in [6, 6.07) is 0. The highest BCUT2D eigenvalue weighted by atomic mass is 16.4. The largest absolute Gasteiger partial charge is 0.446 e. The van der Waals surface area contributed by atoms with Crippen LogP contribution in [0.4, 0.5) is 0 Å². The molecular formula is C11H19NO. The van der Waals surface area contributed by atoms with Gasteiger partial charge in [-0.05, 0) is 25.7 Å². The number of aryl methyl sites for hydroxylation is 3. The third-order valence-electron chi connectivity index (χ3n) is 2.19. The van der Waals surface area contributed by atoms with Crippen LogP contribution in [-0.4, -0.2) is 4.98 Å². The van der Waals surface area contributed by atoms with E-state index in [1.807, 2.05) is 13.8 Å². The molecule has 0 amide bonds. The van der Waals surface area contributed by atoms with Gasteiger partial charge in [0.2, 0.25) is 0 Å². The summed E-state index contributed by atoms with van der Waals surface area (Å²) in [5.41, 5.74) is 1.14. The summed E-state index contributed by atoms with van der Waals surface area (Å²) in [4.78, 5) is 4.34. The summed E-state index contributed by atoms with van der Waals surface area (Å²) in [5, 5.41) is 0. The number of hydrogen-bond donors (Lipinski definition) is 0. The van der Waals surface area contributed by atoms with Gasteiger partial charge in [-0.15, -0.1) is 0 Å². The molecular weight excluding hydrogens is 162 g/mol. The van der Waals surface area contributed by atoms with Crippen LogP contribution < -0.4 is 0 Å². The normalized spacial score (nSPS) is 11.2. The lowest BCUT2D eigenvalue weighted by Gasteiger charge is -2.01. The zero-order valence-electron chi connectivity index (χ0n) is 9.05. The SMILES string of the molecule is Cc1nc(CCCC(C)C)c(C)o1. The van der Waals surface area contributed by atoms with Crippen LogP contribution in [0.15, 0.2) is 4.42 Å². The molecule has 0 saturated carbocycles. The van der Waals surface area contributed by atoms with Gasteiger partial charge in [0.1, 0.15) is 5.76 Å². The molecule has 0 saturated heterocycles. The van der Waals surface area contributed by atoms with E-state index in [-0.39, 0.29) is 0 Å². The first-order chi connectivity index (χ1) is 6.09. The molecule has 1 heterocycles. The zero-order valence-corrected chi connectivity index (χ0v) is 9.05. The van der Waals surface area contributed by atoms with Gasteiger partial charge in [-0.1, -0.05) is 20.3 Å². The number of oxazole rings is 1. The highest BCUT2D eigenvalue weighted by Crippen LogP contribution is 2.13. The summed E-state index contributed by atoms with van der Waals surface area (Å²) < 4.78 is 5.36. The van der Waals surface area contributed by atoms with Gasteiger partial charge in [0.25, 0.3) is 0 Å². The van der Waals surface area contributed by atoms with Crippen molar-refractivity contribution in [2.45, 2.75) is 47.0 Å². The monoisotopic (exact) mass is 181 g/mol. The second-order valence-corrected chi connectivity index (χ2v) is 4.02. The topological polar surface area (TPSA) is 26.0 Å².